The molecule has 4 aromatic heterocycles. The fourth-order valence-electron chi connectivity index (χ4n) is 7.97. The first kappa shape index (κ1) is 23.4. The van der Waals surface area contributed by atoms with E-state index < -0.39 is 0 Å². The van der Waals surface area contributed by atoms with Gasteiger partial charge in [-0.05, 0) is 65.7 Å². The summed E-state index contributed by atoms with van der Waals surface area (Å²) in [6, 6.07) is 52.8. The predicted molar refractivity (Wildman–Crippen MR) is 188 cm³/mol. The minimum atomic E-state index is 0.905. The maximum absolute atomic E-state index is 6.28. The predicted octanol–water partition coefficient (Wildman–Crippen LogP) is 11.5. The van der Waals surface area contributed by atoms with Crippen molar-refractivity contribution in [2.75, 3.05) is 0 Å². The van der Waals surface area contributed by atoms with Crippen molar-refractivity contribution >= 4 is 81.8 Å². The van der Waals surface area contributed by atoms with Gasteiger partial charge in [0, 0.05) is 37.7 Å². The van der Waals surface area contributed by atoms with Crippen molar-refractivity contribution in [3.63, 3.8) is 0 Å². The smallest absolute Gasteiger partial charge is 0.137 e. The molecule has 11 rings (SSSR count). The van der Waals surface area contributed by atoms with Crippen LogP contribution < -0.4 is 0 Å². The Morgan fingerprint density at radius 2 is 0.911 bits per heavy atom. The number of benzene rings is 7. The fourth-order valence-corrected chi connectivity index (χ4v) is 7.97. The van der Waals surface area contributed by atoms with Crippen molar-refractivity contribution in [2.24, 2.45) is 0 Å². The topological polar surface area (TPSA) is 22.5 Å². The van der Waals surface area contributed by atoms with Gasteiger partial charge in [0.15, 0.2) is 0 Å². The highest BCUT2D eigenvalue weighted by atomic mass is 16.3. The first-order valence-corrected chi connectivity index (χ1v) is 15.4. The Morgan fingerprint density at radius 1 is 0.378 bits per heavy atom. The molecule has 45 heavy (non-hydrogen) atoms. The van der Waals surface area contributed by atoms with Gasteiger partial charge in [0.05, 0.1) is 38.7 Å². The van der Waals surface area contributed by atoms with E-state index in [1.807, 2.05) is 12.1 Å². The van der Waals surface area contributed by atoms with Crippen LogP contribution in [-0.2, 0) is 0 Å². The molecule has 0 bridgehead atoms. The number of furan rings is 1. The molecule has 7 aromatic carbocycles. The SMILES string of the molecule is c1ccc2c(c1)oc1cccc(-n3c4ccccc4c4cc(-c5ccc6c(c5)c5cccc7c8ccccc8n6c75)ccc43)c12. The molecule has 0 aliphatic heterocycles. The van der Waals surface area contributed by atoms with Crippen LogP contribution in [0.2, 0.25) is 0 Å². The average molecular weight is 573 g/mol. The summed E-state index contributed by atoms with van der Waals surface area (Å²) in [6.07, 6.45) is 0. The second kappa shape index (κ2) is 8.31. The zero-order valence-corrected chi connectivity index (χ0v) is 24.2. The van der Waals surface area contributed by atoms with Gasteiger partial charge in [-0.1, -0.05) is 91.0 Å². The third kappa shape index (κ3) is 2.95. The lowest BCUT2D eigenvalue weighted by molar-refractivity contribution is 0.669. The summed E-state index contributed by atoms with van der Waals surface area (Å²) in [5.74, 6) is 0. The van der Waals surface area contributed by atoms with Crippen LogP contribution in [0.1, 0.15) is 0 Å². The average Bonchev–Trinajstić information content (AvgIpc) is 3.83. The Balaban J connectivity index is 1.17. The summed E-state index contributed by atoms with van der Waals surface area (Å²) in [6.45, 7) is 0. The van der Waals surface area contributed by atoms with Crippen molar-refractivity contribution in [2.45, 2.75) is 0 Å². The maximum atomic E-state index is 6.28. The number of fused-ring (bicyclic) bond motifs is 12. The van der Waals surface area contributed by atoms with Gasteiger partial charge in [0.25, 0.3) is 0 Å². The normalized spacial score (nSPS) is 12.4. The van der Waals surface area contributed by atoms with Gasteiger partial charge < -0.3 is 13.4 Å². The highest BCUT2D eigenvalue weighted by molar-refractivity contribution is 6.23. The van der Waals surface area contributed by atoms with Crippen LogP contribution >= 0.6 is 0 Å². The van der Waals surface area contributed by atoms with Crippen LogP contribution in [0.4, 0.5) is 0 Å². The summed E-state index contributed by atoms with van der Waals surface area (Å²) in [5, 5.41) is 9.99. The number of nitrogens with zero attached hydrogens (tertiary/aromatic N) is 2. The molecular weight excluding hydrogens is 548 g/mol. The highest BCUT2D eigenvalue weighted by Crippen LogP contribution is 2.42. The Labute approximate surface area is 257 Å². The fraction of sp³-hybridized carbons (Fsp3) is 0. The molecule has 0 saturated heterocycles. The van der Waals surface area contributed by atoms with Crippen molar-refractivity contribution in [1.82, 2.24) is 8.97 Å². The Morgan fingerprint density at radius 3 is 1.73 bits per heavy atom. The van der Waals surface area contributed by atoms with E-state index in [9.17, 15) is 0 Å². The molecule has 3 nitrogen and oxygen atoms in total. The van der Waals surface area contributed by atoms with E-state index in [1.165, 1.54) is 71.0 Å². The van der Waals surface area contributed by atoms with Crippen molar-refractivity contribution in [3.8, 4) is 16.8 Å². The highest BCUT2D eigenvalue weighted by Gasteiger charge is 2.20. The Hall–Kier alpha value is -6.06. The van der Waals surface area contributed by atoms with Crippen molar-refractivity contribution < 1.29 is 4.42 Å². The molecule has 0 saturated carbocycles. The standard InChI is InChI=1S/C42H24N2O/c1-5-15-35-27(9-1)29-12-7-13-30-33-24-26(20-22-37(33)44(35)42(29)30)25-19-21-36-32(23-25)28-10-2-4-14-34(28)43(36)38-16-8-18-40-41(38)31-11-3-6-17-39(31)45-40/h1-24H. The number of hydrogen-bond acceptors (Lipinski definition) is 1. The van der Waals surface area contributed by atoms with Crippen LogP contribution in [0.3, 0.4) is 0 Å². The zero-order chi connectivity index (χ0) is 29.2. The summed E-state index contributed by atoms with van der Waals surface area (Å²) in [4.78, 5) is 0. The Bertz CT molecular complexity index is 2990. The monoisotopic (exact) mass is 572 g/mol. The minimum Gasteiger partial charge on any atom is -0.456 e. The summed E-state index contributed by atoms with van der Waals surface area (Å²) >= 11 is 0. The first-order valence-electron chi connectivity index (χ1n) is 15.4. The van der Waals surface area contributed by atoms with Gasteiger partial charge in [-0.15, -0.1) is 0 Å². The van der Waals surface area contributed by atoms with E-state index in [0.717, 1.165) is 27.6 Å². The lowest BCUT2D eigenvalue weighted by Gasteiger charge is -2.10. The number of aromatic nitrogens is 2. The third-order valence-corrected chi connectivity index (χ3v) is 9.85. The van der Waals surface area contributed by atoms with Gasteiger partial charge in [0.2, 0.25) is 0 Å². The first-order chi connectivity index (χ1) is 22.3. The molecule has 0 N–H and O–H groups in total. The van der Waals surface area contributed by atoms with Gasteiger partial charge in [-0.2, -0.15) is 0 Å². The molecule has 0 spiro atoms. The van der Waals surface area contributed by atoms with Gasteiger partial charge >= 0.3 is 0 Å². The van der Waals surface area contributed by atoms with E-state index in [-0.39, 0.29) is 0 Å². The molecule has 208 valence electrons. The molecule has 0 aliphatic rings. The molecule has 0 radical (unpaired) electrons. The quantitative estimate of drug-likeness (QED) is 0.202. The molecule has 3 heteroatoms. The third-order valence-electron chi connectivity index (χ3n) is 9.85. The van der Waals surface area contributed by atoms with Crippen LogP contribution in [-0.4, -0.2) is 8.97 Å². The van der Waals surface area contributed by atoms with Crippen LogP contribution in [0, 0.1) is 0 Å². The second-order valence-corrected chi connectivity index (χ2v) is 12.1. The van der Waals surface area contributed by atoms with Crippen molar-refractivity contribution in [1.29, 1.82) is 0 Å². The summed E-state index contributed by atoms with van der Waals surface area (Å²) in [7, 11) is 0. The van der Waals surface area contributed by atoms with Gasteiger partial charge in [-0.3, -0.25) is 0 Å². The molecule has 11 aromatic rings. The minimum absolute atomic E-state index is 0.905. The molecular formula is C42H24N2O. The number of para-hydroxylation sites is 4. The number of hydrogen-bond donors (Lipinski definition) is 0. The molecule has 0 unspecified atom stereocenters. The molecule has 0 amide bonds. The molecule has 0 aliphatic carbocycles. The van der Waals surface area contributed by atoms with Gasteiger partial charge in [0.1, 0.15) is 11.2 Å². The maximum Gasteiger partial charge on any atom is 0.137 e. The van der Waals surface area contributed by atoms with E-state index in [2.05, 4.69) is 142 Å². The van der Waals surface area contributed by atoms with E-state index in [0.29, 0.717) is 0 Å². The van der Waals surface area contributed by atoms with E-state index in [1.54, 1.807) is 0 Å². The molecule has 0 atom stereocenters. The van der Waals surface area contributed by atoms with Crippen LogP contribution in [0.25, 0.3) is 98.7 Å². The summed E-state index contributed by atoms with van der Waals surface area (Å²) in [5.41, 5.74) is 11.6. The van der Waals surface area contributed by atoms with Crippen LogP contribution in [0.5, 0.6) is 0 Å². The summed E-state index contributed by atoms with van der Waals surface area (Å²) < 4.78 is 11.1. The number of rotatable bonds is 2. The lowest BCUT2D eigenvalue weighted by Crippen LogP contribution is -1.94. The lowest BCUT2D eigenvalue weighted by atomic mass is 10.00. The van der Waals surface area contributed by atoms with Gasteiger partial charge in [-0.25, -0.2) is 0 Å². The zero-order valence-electron chi connectivity index (χ0n) is 24.2. The van der Waals surface area contributed by atoms with Crippen molar-refractivity contribution in [3.05, 3.63) is 146 Å². The molecule has 0 fully saturated rings. The Kier molecular flexibility index (Phi) is 4.32. The largest absolute Gasteiger partial charge is 0.456 e. The van der Waals surface area contributed by atoms with Crippen LogP contribution in [0.15, 0.2) is 150 Å². The second-order valence-electron chi connectivity index (χ2n) is 12.1. The molecule has 4 heterocycles. The van der Waals surface area contributed by atoms with E-state index in [4.69, 9.17) is 4.42 Å². The van der Waals surface area contributed by atoms with E-state index >= 15 is 0 Å².